The van der Waals surface area contributed by atoms with E-state index >= 15 is 0 Å². The summed E-state index contributed by atoms with van der Waals surface area (Å²) in [7, 11) is 0. The molecule has 3 aromatic rings. The van der Waals surface area contributed by atoms with E-state index in [4.69, 9.17) is 11.6 Å². The number of aryl methyl sites for hydroxylation is 1. The fraction of sp³-hybridized carbons (Fsp3) is 0.292. The molecule has 2 aromatic carbocycles. The number of carbonyl (C=O) groups is 1. The molecule has 0 unspecified atom stereocenters. The van der Waals surface area contributed by atoms with Gasteiger partial charge < -0.3 is 21.3 Å². The highest BCUT2D eigenvalue weighted by atomic mass is 35.5. The van der Waals surface area contributed by atoms with E-state index in [1.54, 1.807) is 24.3 Å². The van der Waals surface area contributed by atoms with Crippen LogP contribution in [0.2, 0.25) is 5.02 Å². The molecule has 1 fully saturated rings. The number of amides is 2. The van der Waals surface area contributed by atoms with Crippen LogP contribution in [0.1, 0.15) is 37.8 Å². The Hall–Kier alpha value is -3.32. The van der Waals surface area contributed by atoms with E-state index in [2.05, 4.69) is 31.2 Å². The van der Waals surface area contributed by atoms with Crippen molar-refractivity contribution in [2.75, 3.05) is 21.3 Å². The Morgan fingerprint density at radius 1 is 0.875 bits per heavy atom. The second-order valence-corrected chi connectivity index (χ2v) is 8.42. The maximum Gasteiger partial charge on any atom is 0.323 e. The molecular weight excluding hydrogens is 424 g/mol. The second kappa shape index (κ2) is 10.3. The highest BCUT2D eigenvalue weighted by Crippen LogP contribution is 2.23. The van der Waals surface area contributed by atoms with Crippen molar-refractivity contribution < 1.29 is 4.79 Å². The lowest BCUT2D eigenvalue weighted by Crippen LogP contribution is -2.23. The Morgan fingerprint density at radius 3 is 2.12 bits per heavy atom. The largest absolute Gasteiger partial charge is 0.351 e. The number of aromatic nitrogens is 2. The Kier molecular flexibility index (Phi) is 7.07. The summed E-state index contributed by atoms with van der Waals surface area (Å²) in [6, 6.07) is 16.4. The Labute approximate surface area is 193 Å². The van der Waals surface area contributed by atoms with Crippen molar-refractivity contribution in [2.45, 2.75) is 45.1 Å². The summed E-state index contributed by atoms with van der Waals surface area (Å²) < 4.78 is 0. The van der Waals surface area contributed by atoms with Crippen molar-refractivity contribution in [3.8, 4) is 0 Å². The zero-order valence-corrected chi connectivity index (χ0v) is 18.7. The van der Waals surface area contributed by atoms with Gasteiger partial charge in [0.2, 0.25) is 5.95 Å². The SMILES string of the molecule is Cc1cc(Nc2ccc(NC(=O)Nc3ccc(Cl)cc3)cc2)nc(NC2CCCCC2)n1. The number of hydrogen-bond donors (Lipinski definition) is 4. The zero-order valence-electron chi connectivity index (χ0n) is 18.0. The van der Waals surface area contributed by atoms with Gasteiger partial charge in [0.15, 0.2) is 0 Å². The number of carbonyl (C=O) groups excluding carboxylic acids is 1. The van der Waals surface area contributed by atoms with Crippen LogP contribution in [0.25, 0.3) is 0 Å². The van der Waals surface area contributed by atoms with Gasteiger partial charge in [-0.05, 0) is 68.3 Å². The third-order valence-corrected chi connectivity index (χ3v) is 5.56. The molecule has 0 radical (unpaired) electrons. The second-order valence-electron chi connectivity index (χ2n) is 7.99. The van der Waals surface area contributed by atoms with Gasteiger partial charge in [-0.1, -0.05) is 30.9 Å². The number of rotatable bonds is 6. The number of urea groups is 1. The summed E-state index contributed by atoms with van der Waals surface area (Å²) in [5.74, 6) is 1.40. The van der Waals surface area contributed by atoms with E-state index in [1.807, 2.05) is 37.3 Å². The van der Waals surface area contributed by atoms with Crippen LogP contribution >= 0.6 is 11.6 Å². The molecule has 0 bridgehead atoms. The Bertz CT molecular complexity index is 1050. The third-order valence-electron chi connectivity index (χ3n) is 5.31. The fourth-order valence-electron chi connectivity index (χ4n) is 3.74. The van der Waals surface area contributed by atoms with Gasteiger partial charge in [0.25, 0.3) is 0 Å². The molecule has 7 nitrogen and oxygen atoms in total. The predicted molar refractivity (Wildman–Crippen MR) is 131 cm³/mol. The molecule has 166 valence electrons. The summed E-state index contributed by atoms with van der Waals surface area (Å²) in [5.41, 5.74) is 3.12. The summed E-state index contributed by atoms with van der Waals surface area (Å²) in [6.45, 7) is 1.96. The molecule has 2 amide bonds. The van der Waals surface area contributed by atoms with Crippen molar-refractivity contribution in [3.05, 3.63) is 65.3 Å². The maximum atomic E-state index is 12.2. The van der Waals surface area contributed by atoms with Crippen LogP contribution in [-0.4, -0.2) is 22.0 Å². The van der Waals surface area contributed by atoms with Gasteiger partial charge in [-0.3, -0.25) is 0 Å². The van der Waals surface area contributed by atoms with Crippen molar-refractivity contribution >= 4 is 46.5 Å². The summed E-state index contributed by atoms with van der Waals surface area (Å²) >= 11 is 5.87. The molecule has 0 atom stereocenters. The normalized spacial score (nSPS) is 13.9. The number of hydrogen-bond acceptors (Lipinski definition) is 5. The first-order valence-corrected chi connectivity index (χ1v) is 11.2. The molecular formula is C24H27ClN6O. The van der Waals surface area contributed by atoms with Crippen molar-refractivity contribution in [1.29, 1.82) is 0 Å². The molecule has 1 aliphatic carbocycles. The van der Waals surface area contributed by atoms with E-state index < -0.39 is 0 Å². The molecule has 1 aliphatic rings. The molecule has 4 N–H and O–H groups in total. The van der Waals surface area contributed by atoms with Crippen molar-refractivity contribution in [2.24, 2.45) is 0 Å². The van der Waals surface area contributed by atoms with Gasteiger partial charge in [0.05, 0.1) is 0 Å². The van der Waals surface area contributed by atoms with E-state index in [1.165, 1.54) is 32.1 Å². The molecule has 8 heteroatoms. The van der Waals surface area contributed by atoms with Crippen LogP contribution in [0.3, 0.4) is 0 Å². The first-order valence-electron chi connectivity index (χ1n) is 10.9. The van der Waals surface area contributed by atoms with E-state index in [0.29, 0.717) is 28.4 Å². The van der Waals surface area contributed by atoms with Crippen molar-refractivity contribution in [3.63, 3.8) is 0 Å². The van der Waals surface area contributed by atoms with Crippen LogP contribution in [0.4, 0.5) is 33.6 Å². The van der Waals surface area contributed by atoms with Gasteiger partial charge in [-0.2, -0.15) is 4.98 Å². The maximum absolute atomic E-state index is 12.2. The monoisotopic (exact) mass is 450 g/mol. The smallest absolute Gasteiger partial charge is 0.323 e. The minimum atomic E-state index is -0.321. The van der Waals surface area contributed by atoms with Crippen LogP contribution < -0.4 is 21.3 Å². The van der Waals surface area contributed by atoms with Crippen LogP contribution in [0, 0.1) is 6.92 Å². The average Bonchev–Trinajstić information content (AvgIpc) is 2.77. The highest BCUT2D eigenvalue weighted by Gasteiger charge is 2.14. The van der Waals surface area contributed by atoms with Crippen LogP contribution in [0.5, 0.6) is 0 Å². The summed E-state index contributed by atoms with van der Waals surface area (Å²) in [6.07, 6.45) is 6.16. The molecule has 32 heavy (non-hydrogen) atoms. The molecule has 1 heterocycles. The zero-order chi connectivity index (χ0) is 22.3. The predicted octanol–water partition coefficient (Wildman–Crippen LogP) is 6.57. The molecule has 0 saturated heterocycles. The minimum absolute atomic E-state index is 0.321. The van der Waals surface area contributed by atoms with Gasteiger partial charge >= 0.3 is 6.03 Å². The first kappa shape index (κ1) is 21.9. The van der Waals surface area contributed by atoms with E-state index in [0.717, 1.165) is 17.2 Å². The Morgan fingerprint density at radius 2 is 1.47 bits per heavy atom. The minimum Gasteiger partial charge on any atom is -0.351 e. The van der Waals surface area contributed by atoms with Crippen molar-refractivity contribution in [1.82, 2.24) is 9.97 Å². The van der Waals surface area contributed by atoms with Gasteiger partial charge in [-0.25, -0.2) is 9.78 Å². The molecule has 4 rings (SSSR count). The third kappa shape index (κ3) is 6.34. The van der Waals surface area contributed by atoms with Gasteiger partial charge in [-0.15, -0.1) is 0 Å². The van der Waals surface area contributed by atoms with Gasteiger partial charge in [0.1, 0.15) is 5.82 Å². The summed E-state index contributed by atoms with van der Waals surface area (Å²) in [5, 5.41) is 13.0. The number of nitrogens with one attached hydrogen (secondary N) is 4. The number of halogens is 1. The van der Waals surface area contributed by atoms with Crippen LogP contribution in [-0.2, 0) is 0 Å². The van der Waals surface area contributed by atoms with E-state index in [9.17, 15) is 4.79 Å². The number of benzene rings is 2. The Balaban J connectivity index is 1.34. The lowest BCUT2D eigenvalue weighted by Gasteiger charge is -2.23. The topological polar surface area (TPSA) is 91.0 Å². The van der Waals surface area contributed by atoms with Crippen LogP contribution in [0.15, 0.2) is 54.6 Å². The quantitative estimate of drug-likeness (QED) is 0.341. The lowest BCUT2D eigenvalue weighted by molar-refractivity contribution is 0.262. The summed E-state index contributed by atoms with van der Waals surface area (Å²) in [4.78, 5) is 21.3. The fourth-order valence-corrected chi connectivity index (χ4v) is 3.86. The number of anilines is 5. The molecule has 1 aromatic heterocycles. The highest BCUT2D eigenvalue weighted by molar-refractivity contribution is 6.30. The first-order chi connectivity index (χ1) is 15.5. The molecule has 1 saturated carbocycles. The van der Waals surface area contributed by atoms with Gasteiger partial charge in [0, 0.05) is 39.9 Å². The standard InChI is InChI=1S/C24H27ClN6O/c1-16-15-22(31-23(26-16)28-18-5-3-2-4-6-18)27-19-11-13-21(14-12-19)30-24(32)29-20-9-7-17(25)8-10-20/h7-15,18H,2-6H2,1H3,(H2,29,30,32)(H2,26,27,28,31). The molecule has 0 aliphatic heterocycles. The lowest BCUT2D eigenvalue weighted by atomic mass is 9.96. The number of nitrogens with zero attached hydrogens (tertiary/aromatic N) is 2. The van der Waals surface area contributed by atoms with E-state index in [-0.39, 0.29) is 6.03 Å². The average molecular weight is 451 g/mol. The molecule has 0 spiro atoms.